The van der Waals surface area contributed by atoms with Crippen LogP contribution in [0.2, 0.25) is 0 Å². The molecule has 0 radical (unpaired) electrons. The molecule has 0 rings (SSSR count). The van der Waals surface area contributed by atoms with Gasteiger partial charge in [-0.05, 0) is 19.3 Å². The number of nitrogens with two attached hydrogens (primary N) is 1. The molecule has 0 bridgehead atoms. The maximum Gasteiger partial charge on any atom is 0.236 e. The number of carbonyl (C=O) groups is 1. The molecule has 4 N–H and O–H groups in total. The predicted molar refractivity (Wildman–Crippen MR) is 52.1 cm³/mol. The second-order valence-corrected chi connectivity index (χ2v) is 3.32. The van der Waals surface area contributed by atoms with Gasteiger partial charge in [0.05, 0.1) is 6.04 Å². The average Bonchev–Trinajstić information content (AvgIpc) is 2.11. The number of hydrogen-bond acceptors (Lipinski definition) is 3. The highest BCUT2D eigenvalue weighted by Crippen LogP contribution is 2.05. The fourth-order valence-electron chi connectivity index (χ4n) is 1.04. The van der Waals surface area contributed by atoms with E-state index in [0.29, 0.717) is 12.5 Å². The SMILES string of the molecule is CCC(CCO)CNC(=O)[C@@H](C)N. The Kier molecular flexibility index (Phi) is 6.54. The van der Waals surface area contributed by atoms with E-state index in [2.05, 4.69) is 5.32 Å². The van der Waals surface area contributed by atoms with Crippen molar-refractivity contribution in [2.45, 2.75) is 32.7 Å². The smallest absolute Gasteiger partial charge is 0.236 e. The van der Waals surface area contributed by atoms with Gasteiger partial charge in [-0.3, -0.25) is 4.79 Å². The summed E-state index contributed by atoms with van der Waals surface area (Å²) in [7, 11) is 0. The molecule has 13 heavy (non-hydrogen) atoms. The standard InChI is InChI=1S/C9H20N2O2/c1-3-8(4-5-12)6-11-9(13)7(2)10/h7-8,12H,3-6,10H2,1-2H3,(H,11,13)/t7-,8?/m1/s1. The predicted octanol–water partition coefficient (Wildman–Crippen LogP) is -0.142. The third kappa shape index (κ3) is 5.60. The second kappa shape index (κ2) is 6.86. The Morgan fingerprint density at radius 1 is 1.62 bits per heavy atom. The number of aliphatic hydroxyl groups is 1. The third-order valence-electron chi connectivity index (χ3n) is 2.09. The van der Waals surface area contributed by atoms with Gasteiger partial charge in [-0.1, -0.05) is 13.3 Å². The van der Waals surface area contributed by atoms with Gasteiger partial charge >= 0.3 is 0 Å². The molecule has 2 atom stereocenters. The zero-order valence-electron chi connectivity index (χ0n) is 8.42. The van der Waals surface area contributed by atoms with Crippen LogP contribution in [0.25, 0.3) is 0 Å². The Labute approximate surface area is 79.5 Å². The van der Waals surface area contributed by atoms with Crippen LogP contribution in [0.1, 0.15) is 26.7 Å². The molecule has 0 saturated carbocycles. The first-order valence-electron chi connectivity index (χ1n) is 4.76. The number of hydrogen-bond donors (Lipinski definition) is 3. The average molecular weight is 188 g/mol. The van der Waals surface area contributed by atoms with E-state index in [9.17, 15) is 4.79 Å². The molecule has 4 nitrogen and oxygen atoms in total. The van der Waals surface area contributed by atoms with Crippen LogP contribution in [-0.4, -0.2) is 30.2 Å². The van der Waals surface area contributed by atoms with Gasteiger partial charge in [0.2, 0.25) is 5.91 Å². The lowest BCUT2D eigenvalue weighted by atomic mass is 10.0. The number of nitrogens with one attached hydrogen (secondary N) is 1. The molecule has 4 heteroatoms. The van der Waals surface area contributed by atoms with Crippen LogP contribution in [0.5, 0.6) is 0 Å². The van der Waals surface area contributed by atoms with E-state index in [0.717, 1.165) is 12.8 Å². The number of rotatable bonds is 6. The van der Waals surface area contributed by atoms with Gasteiger partial charge in [0.15, 0.2) is 0 Å². The van der Waals surface area contributed by atoms with E-state index in [4.69, 9.17) is 10.8 Å². The molecule has 0 fully saturated rings. The molecule has 0 aliphatic carbocycles. The number of amides is 1. The number of carbonyl (C=O) groups excluding carboxylic acids is 1. The van der Waals surface area contributed by atoms with Gasteiger partial charge in [-0.15, -0.1) is 0 Å². The summed E-state index contributed by atoms with van der Waals surface area (Å²) in [4.78, 5) is 11.1. The molecule has 0 aromatic carbocycles. The molecule has 78 valence electrons. The summed E-state index contributed by atoms with van der Waals surface area (Å²) >= 11 is 0. The van der Waals surface area contributed by atoms with E-state index in [1.165, 1.54) is 0 Å². The second-order valence-electron chi connectivity index (χ2n) is 3.32. The van der Waals surface area contributed by atoms with Gasteiger partial charge in [-0.2, -0.15) is 0 Å². The highest BCUT2D eigenvalue weighted by molar-refractivity contribution is 5.80. The van der Waals surface area contributed by atoms with Crippen molar-refractivity contribution in [1.29, 1.82) is 0 Å². The minimum Gasteiger partial charge on any atom is -0.396 e. The Hall–Kier alpha value is -0.610. The Morgan fingerprint density at radius 2 is 2.23 bits per heavy atom. The van der Waals surface area contributed by atoms with Crippen LogP contribution in [0.4, 0.5) is 0 Å². The van der Waals surface area contributed by atoms with Crippen molar-refractivity contribution < 1.29 is 9.90 Å². The van der Waals surface area contributed by atoms with E-state index < -0.39 is 6.04 Å². The molecule has 0 aromatic heterocycles. The lowest BCUT2D eigenvalue weighted by molar-refractivity contribution is -0.122. The van der Waals surface area contributed by atoms with E-state index in [1.54, 1.807) is 6.92 Å². The lowest BCUT2D eigenvalue weighted by Crippen LogP contribution is -2.40. The molecule has 0 aromatic rings. The van der Waals surface area contributed by atoms with Crippen LogP contribution in [-0.2, 0) is 4.79 Å². The van der Waals surface area contributed by atoms with Gasteiger partial charge < -0.3 is 16.2 Å². The molecular weight excluding hydrogens is 168 g/mol. The zero-order valence-corrected chi connectivity index (χ0v) is 8.42. The van der Waals surface area contributed by atoms with Crippen LogP contribution < -0.4 is 11.1 Å². The molecular formula is C9H20N2O2. The summed E-state index contributed by atoms with van der Waals surface area (Å²) < 4.78 is 0. The maximum absolute atomic E-state index is 11.1. The van der Waals surface area contributed by atoms with Crippen LogP contribution >= 0.6 is 0 Å². The molecule has 0 saturated heterocycles. The van der Waals surface area contributed by atoms with Crippen LogP contribution in [0, 0.1) is 5.92 Å². The Balaban J connectivity index is 3.65. The van der Waals surface area contributed by atoms with Crippen molar-refractivity contribution in [1.82, 2.24) is 5.32 Å². The molecule has 0 heterocycles. The fourth-order valence-corrected chi connectivity index (χ4v) is 1.04. The highest BCUT2D eigenvalue weighted by Gasteiger charge is 2.10. The maximum atomic E-state index is 11.1. The minimum atomic E-state index is -0.452. The van der Waals surface area contributed by atoms with Crippen molar-refractivity contribution in [2.75, 3.05) is 13.2 Å². The van der Waals surface area contributed by atoms with Gasteiger partial charge in [0.1, 0.15) is 0 Å². The van der Waals surface area contributed by atoms with Crippen LogP contribution in [0.3, 0.4) is 0 Å². The quantitative estimate of drug-likeness (QED) is 0.543. The monoisotopic (exact) mass is 188 g/mol. The molecule has 1 amide bonds. The van der Waals surface area contributed by atoms with Crippen LogP contribution in [0.15, 0.2) is 0 Å². The first-order chi connectivity index (χ1) is 6.11. The summed E-state index contributed by atoms with van der Waals surface area (Å²) in [6.45, 7) is 4.48. The molecule has 0 spiro atoms. The minimum absolute atomic E-state index is 0.128. The molecule has 1 unspecified atom stereocenters. The van der Waals surface area contributed by atoms with Crippen molar-refractivity contribution in [3.63, 3.8) is 0 Å². The molecule has 0 aliphatic heterocycles. The van der Waals surface area contributed by atoms with Gasteiger partial charge in [0.25, 0.3) is 0 Å². The Bertz CT molecular complexity index is 149. The summed E-state index contributed by atoms with van der Waals surface area (Å²) in [5, 5.41) is 11.4. The Morgan fingerprint density at radius 3 is 2.62 bits per heavy atom. The van der Waals surface area contributed by atoms with Gasteiger partial charge in [-0.25, -0.2) is 0 Å². The highest BCUT2D eigenvalue weighted by atomic mass is 16.3. The van der Waals surface area contributed by atoms with E-state index in [1.807, 2.05) is 6.92 Å². The first-order valence-corrected chi connectivity index (χ1v) is 4.76. The van der Waals surface area contributed by atoms with Crippen molar-refractivity contribution in [3.05, 3.63) is 0 Å². The zero-order chi connectivity index (χ0) is 10.3. The normalized spacial score (nSPS) is 15.1. The fraction of sp³-hybridized carbons (Fsp3) is 0.889. The lowest BCUT2D eigenvalue weighted by Gasteiger charge is -2.15. The summed E-state index contributed by atoms with van der Waals surface area (Å²) in [6.07, 6.45) is 1.69. The largest absolute Gasteiger partial charge is 0.396 e. The van der Waals surface area contributed by atoms with Crippen molar-refractivity contribution in [3.8, 4) is 0 Å². The summed E-state index contributed by atoms with van der Waals surface area (Å²) in [5.74, 6) is 0.226. The van der Waals surface area contributed by atoms with Crippen molar-refractivity contribution in [2.24, 2.45) is 11.7 Å². The number of aliphatic hydroxyl groups excluding tert-OH is 1. The summed E-state index contributed by atoms with van der Waals surface area (Å²) in [6, 6.07) is -0.452. The summed E-state index contributed by atoms with van der Waals surface area (Å²) in [5.41, 5.74) is 5.38. The van der Waals surface area contributed by atoms with E-state index >= 15 is 0 Å². The van der Waals surface area contributed by atoms with E-state index in [-0.39, 0.29) is 12.5 Å². The van der Waals surface area contributed by atoms with Crippen molar-refractivity contribution >= 4 is 5.91 Å². The topological polar surface area (TPSA) is 75.3 Å². The van der Waals surface area contributed by atoms with Gasteiger partial charge in [0, 0.05) is 13.2 Å². The first kappa shape index (κ1) is 12.4. The third-order valence-corrected chi connectivity index (χ3v) is 2.09. The molecule has 0 aliphatic rings.